The van der Waals surface area contributed by atoms with Crippen LogP contribution in [0.25, 0.3) is 0 Å². The summed E-state index contributed by atoms with van der Waals surface area (Å²) in [5.41, 5.74) is 0. The number of carbonyl (C=O) groups excluding carboxylic acids is 2. The summed E-state index contributed by atoms with van der Waals surface area (Å²) in [6, 6.07) is 0.469. The predicted molar refractivity (Wildman–Crippen MR) is 61.5 cm³/mol. The molecular weight excluding hydrogens is 224 g/mol. The molecule has 0 unspecified atom stereocenters. The number of nitrogens with zero attached hydrogens (tertiary/aromatic N) is 1. The number of amides is 3. The maximum Gasteiger partial charge on any atom is 0.321 e. The van der Waals surface area contributed by atoms with Gasteiger partial charge in [-0.05, 0) is 20.8 Å². The van der Waals surface area contributed by atoms with Crippen LogP contribution in [0.2, 0.25) is 0 Å². The van der Waals surface area contributed by atoms with Gasteiger partial charge in [0.1, 0.15) is 11.8 Å². The van der Waals surface area contributed by atoms with Crippen molar-refractivity contribution in [2.45, 2.75) is 26.8 Å². The first-order valence-corrected chi connectivity index (χ1v) is 5.31. The molecule has 0 aliphatic rings. The average Bonchev–Trinajstić information content (AvgIpc) is 2.64. The molecule has 0 saturated carbocycles. The Morgan fingerprint density at radius 3 is 2.76 bits per heavy atom. The van der Waals surface area contributed by atoms with E-state index in [9.17, 15) is 9.59 Å². The predicted octanol–water partition coefficient (Wildman–Crippen LogP) is 0.629. The fourth-order valence-corrected chi connectivity index (χ4v) is 1.17. The van der Waals surface area contributed by atoms with Crippen LogP contribution in [0.5, 0.6) is 0 Å². The van der Waals surface area contributed by atoms with Crippen molar-refractivity contribution in [1.82, 2.24) is 15.8 Å². The fraction of sp³-hybridized carbons (Fsp3) is 0.500. The van der Waals surface area contributed by atoms with E-state index in [1.54, 1.807) is 19.9 Å². The normalized spacial score (nSPS) is 11.7. The molecule has 0 aromatic carbocycles. The van der Waals surface area contributed by atoms with Crippen LogP contribution >= 0.6 is 0 Å². The Labute approximate surface area is 98.9 Å². The second-order valence-corrected chi connectivity index (χ2v) is 3.54. The van der Waals surface area contributed by atoms with Gasteiger partial charge >= 0.3 is 6.03 Å². The van der Waals surface area contributed by atoms with Gasteiger partial charge in [0.05, 0.1) is 0 Å². The zero-order valence-electron chi connectivity index (χ0n) is 10.0. The Balaban J connectivity index is 2.41. The third-order valence-corrected chi connectivity index (χ3v) is 1.96. The lowest BCUT2D eigenvalue weighted by molar-refractivity contribution is -0.122. The van der Waals surface area contributed by atoms with Crippen molar-refractivity contribution in [3.8, 4) is 0 Å². The molecule has 7 heteroatoms. The lowest BCUT2D eigenvalue weighted by atomic mass is 10.3. The Hall–Kier alpha value is -2.05. The van der Waals surface area contributed by atoms with Gasteiger partial charge in [0.15, 0.2) is 5.82 Å². The average molecular weight is 240 g/mol. The number of carbonyl (C=O) groups is 2. The molecule has 1 aromatic heterocycles. The van der Waals surface area contributed by atoms with Gasteiger partial charge in [-0.15, -0.1) is 0 Å². The van der Waals surface area contributed by atoms with E-state index in [1.807, 2.05) is 6.92 Å². The highest BCUT2D eigenvalue weighted by atomic mass is 16.5. The van der Waals surface area contributed by atoms with E-state index in [0.29, 0.717) is 18.1 Å². The first-order valence-electron chi connectivity index (χ1n) is 5.31. The molecule has 94 valence electrons. The van der Waals surface area contributed by atoms with Crippen molar-refractivity contribution < 1.29 is 14.1 Å². The van der Waals surface area contributed by atoms with E-state index in [4.69, 9.17) is 4.52 Å². The number of hydrogen-bond acceptors (Lipinski definition) is 4. The second kappa shape index (κ2) is 5.88. The molecule has 1 atom stereocenters. The molecule has 3 amide bonds. The largest absolute Gasteiger partial charge is 0.360 e. The van der Waals surface area contributed by atoms with Crippen molar-refractivity contribution in [1.29, 1.82) is 0 Å². The molecular formula is C10H16N4O3. The third kappa shape index (κ3) is 4.13. The lowest BCUT2D eigenvalue weighted by Gasteiger charge is -2.12. The number of hydrogen-bond donors (Lipinski definition) is 3. The molecule has 0 saturated heterocycles. The monoisotopic (exact) mass is 240 g/mol. The zero-order chi connectivity index (χ0) is 12.8. The summed E-state index contributed by atoms with van der Waals surface area (Å²) in [6.07, 6.45) is 0. The number of rotatable bonds is 4. The highest BCUT2D eigenvalue weighted by molar-refractivity contribution is 5.92. The molecule has 7 nitrogen and oxygen atoms in total. The van der Waals surface area contributed by atoms with Crippen LogP contribution in [-0.2, 0) is 4.79 Å². The highest BCUT2D eigenvalue weighted by Crippen LogP contribution is 2.06. The number of aromatic nitrogens is 1. The quantitative estimate of drug-likeness (QED) is 0.719. The minimum atomic E-state index is -0.608. The van der Waals surface area contributed by atoms with Crippen molar-refractivity contribution in [3.05, 3.63) is 11.8 Å². The number of anilines is 1. The molecule has 0 spiro atoms. The zero-order valence-corrected chi connectivity index (χ0v) is 10.0. The molecule has 0 fully saturated rings. The van der Waals surface area contributed by atoms with Crippen LogP contribution in [0.3, 0.4) is 0 Å². The summed E-state index contributed by atoms with van der Waals surface area (Å²) < 4.78 is 4.78. The van der Waals surface area contributed by atoms with Gasteiger partial charge in [-0.25, -0.2) is 4.79 Å². The smallest absolute Gasteiger partial charge is 0.321 e. The molecule has 1 heterocycles. The van der Waals surface area contributed by atoms with Gasteiger partial charge in [-0.1, -0.05) is 5.16 Å². The van der Waals surface area contributed by atoms with Crippen molar-refractivity contribution in [2.24, 2.45) is 0 Å². The standard InChI is InChI=1S/C10H16N4O3/c1-4-11-9(15)7(3)12-10(16)13-8-5-6(2)17-14-8/h5,7H,4H2,1-3H3,(H,11,15)(H2,12,13,14,16)/t7-/m0/s1. The SMILES string of the molecule is CCNC(=O)[C@H](C)NC(=O)Nc1cc(C)on1. The molecule has 1 rings (SSSR count). The van der Waals surface area contributed by atoms with E-state index in [-0.39, 0.29) is 5.91 Å². The molecule has 3 N–H and O–H groups in total. The topological polar surface area (TPSA) is 96.3 Å². The Kier molecular flexibility index (Phi) is 4.50. The lowest BCUT2D eigenvalue weighted by Crippen LogP contribution is -2.46. The summed E-state index contributed by atoms with van der Waals surface area (Å²) >= 11 is 0. The molecule has 0 aliphatic heterocycles. The summed E-state index contributed by atoms with van der Waals surface area (Å²) in [6.45, 7) is 5.64. The van der Waals surface area contributed by atoms with Crippen LogP contribution in [0.1, 0.15) is 19.6 Å². The van der Waals surface area contributed by atoms with Gasteiger partial charge < -0.3 is 15.2 Å². The van der Waals surface area contributed by atoms with Crippen molar-refractivity contribution in [2.75, 3.05) is 11.9 Å². The molecule has 17 heavy (non-hydrogen) atoms. The minimum Gasteiger partial charge on any atom is -0.360 e. The fourth-order valence-electron chi connectivity index (χ4n) is 1.17. The van der Waals surface area contributed by atoms with Crippen LogP contribution in [0.15, 0.2) is 10.6 Å². The summed E-state index contributed by atoms with van der Waals surface area (Å²) in [5.74, 6) is 0.666. The van der Waals surface area contributed by atoms with Crippen LogP contribution in [0.4, 0.5) is 10.6 Å². The van der Waals surface area contributed by atoms with E-state index in [1.165, 1.54) is 0 Å². The maximum atomic E-state index is 11.5. The number of nitrogens with one attached hydrogen (secondary N) is 3. The van der Waals surface area contributed by atoms with E-state index in [0.717, 1.165) is 0 Å². The van der Waals surface area contributed by atoms with E-state index >= 15 is 0 Å². The summed E-state index contributed by atoms with van der Waals surface area (Å²) in [5, 5.41) is 11.1. The Bertz CT molecular complexity index is 402. The van der Waals surface area contributed by atoms with Gasteiger partial charge in [0.2, 0.25) is 5.91 Å². The van der Waals surface area contributed by atoms with Gasteiger partial charge in [-0.2, -0.15) is 0 Å². The minimum absolute atomic E-state index is 0.237. The highest BCUT2D eigenvalue weighted by Gasteiger charge is 2.15. The summed E-state index contributed by atoms with van der Waals surface area (Å²) in [4.78, 5) is 22.8. The van der Waals surface area contributed by atoms with Crippen molar-refractivity contribution in [3.63, 3.8) is 0 Å². The molecule has 0 aliphatic carbocycles. The van der Waals surface area contributed by atoms with E-state index < -0.39 is 12.1 Å². The molecule has 0 bridgehead atoms. The molecule has 0 radical (unpaired) electrons. The first-order chi connectivity index (χ1) is 8.02. The van der Waals surface area contributed by atoms with Crippen LogP contribution in [0, 0.1) is 6.92 Å². The maximum absolute atomic E-state index is 11.5. The third-order valence-electron chi connectivity index (χ3n) is 1.96. The number of aryl methyl sites for hydroxylation is 1. The number of urea groups is 1. The van der Waals surface area contributed by atoms with Crippen molar-refractivity contribution >= 4 is 17.8 Å². The molecule has 1 aromatic rings. The van der Waals surface area contributed by atoms with Gasteiger partial charge in [0, 0.05) is 12.6 Å². The van der Waals surface area contributed by atoms with Gasteiger partial charge in [0.25, 0.3) is 0 Å². The second-order valence-electron chi connectivity index (χ2n) is 3.54. The first kappa shape index (κ1) is 13.0. The van der Waals surface area contributed by atoms with E-state index in [2.05, 4.69) is 21.1 Å². The number of likely N-dealkylation sites (N-methyl/N-ethyl adjacent to an activating group) is 1. The van der Waals surface area contributed by atoms with Crippen LogP contribution in [-0.4, -0.2) is 29.7 Å². The van der Waals surface area contributed by atoms with Gasteiger partial charge in [-0.3, -0.25) is 10.1 Å². The summed E-state index contributed by atoms with van der Waals surface area (Å²) in [7, 11) is 0. The van der Waals surface area contributed by atoms with Crippen LogP contribution < -0.4 is 16.0 Å². The Morgan fingerprint density at radius 1 is 1.53 bits per heavy atom. The Morgan fingerprint density at radius 2 is 2.24 bits per heavy atom.